The molecule has 0 bridgehead atoms. The molecule has 6 heteroatoms. The van der Waals surface area contributed by atoms with Gasteiger partial charge in [0.2, 0.25) is 0 Å². The fourth-order valence-corrected chi connectivity index (χ4v) is 2.83. The summed E-state index contributed by atoms with van der Waals surface area (Å²) in [5.41, 5.74) is 1.82. The largest absolute Gasteiger partial charge is 0.493 e. The molecule has 3 rings (SSSR count). The zero-order valence-corrected chi connectivity index (χ0v) is 14.7. The minimum absolute atomic E-state index is 0.648. The zero-order chi connectivity index (χ0) is 16.4. The fourth-order valence-electron chi connectivity index (χ4n) is 2.44. The van der Waals surface area contributed by atoms with Gasteiger partial charge in [-0.15, -0.1) is 0 Å². The summed E-state index contributed by atoms with van der Waals surface area (Å²) in [7, 11) is 5.20. The van der Waals surface area contributed by atoms with Gasteiger partial charge in [-0.2, -0.15) is 0 Å². The lowest BCUT2D eigenvalue weighted by Gasteiger charge is -2.20. The molecule has 1 aromatic heterocycles. The van der Waals surface area contributed by atoms with E-state index in [9.17, 15) is 0 Å². The van der Waals surface area contributed by atoms with E-state index in [1.54, 1.807) is 20.5 Å². The van der Waals surface area contributed by atoms with E-state index in [-0.39, 0.29) is 0 Å². The first kappa shape index (κ1) is 15.6. The average Bonchev–Trinajstić information content (AvgIpc) is 2.59. The van der Waals surface area contributed by atoms with E-state index in [4.69, 9.17) is 9.47 Å². The normalized spacial score (nSPS) is 10.6. The smallest absolute Gasteiger partial charge is 0.162 e. The van der Waals surface area contributed by atoms with Crippen LogP contribution in [-0.4, -0.2) is 31.2 Å². The highest BCUT2D eigenvalue weighted by molar-refractivity contribution is 9.10. The third-order valence-electron chi connectivity index (χ3n) is 3.63. The van der Waals surface area contributed by atoms with Crippen LogP contribution in [0.2, 0.25) is 0 Å². The Morgan fingerprint density at radius 3 is 2.43 bits per heavy atom. The molecule has 0 unspecified atom stereocenters. The van der Waals surface area contributed by atoms with Gasteiger partial charge in [-0.3, -0.25) is 0 Å². The quantitative estimate of drug-likeness (QED) is 0.686. The molecule has 0 saturated heterocycles. The van der Waals surface area contributed by atoms with Crippen molar-refractivity contribution < 1.29 is 9.47 Å². The Morgan fingerprint density at radius 1 is 1.00 bits per heavy atom. The molecule has 0 aliphatic rings. The molecule has 5 nitrogen and oxygen atoms in total. The molecular weight excluding hydrogens is 358 g/mol. The van der Waals surface area contributed by atoms with Crippen LogP contribution < -0.4 is 14.4 Å². The van der Waals surface area contributed by atoms with Crippen LogP contribution in [0.4, 0.5) is 11.5 Å². The highest BCUT2D eigenvalue weighted by atomic mass is 79.9. The summed E-state index contributed by atoms with van der Waals surface area (Å²) in [5.74, 6) is 2.10. The van der Waals surface area contributed by atoms with E-state index in [0.29, 0.717) is 11.5 Å². The van der Waals surface area contributed by atoms with Gasteiger partial charge in [0.1, 0.15) is 12.1 Å². The lowest BCUT2D eigenvalue weighted by atomic mass is 10.2. The summed E-state index contributed by atoms with van der Waals surface area (Å²) in [6.07, 6.45) is 1.55. The Bertz CT molecular complexity index is 854. The van der Waals surface area contributed by atoms with E-state index in [1.807, 2.05) is 48.3 Å². The molecule has 118 valence electrons. The van der Waals surface area contributed by atoms with Gasteiger partial charge in [0.15, 0.2) is 11.5 Å². The third-order valence-corrected chi connectivity index (χ3v) is 4.13. The van der Waals surface area contributed by atoms with Crippen molar-refractivity contribution >= 4 is 38.3 Å². The molecule has 0 fully saturated rings. The van der Waals surface area contributed by atoms with Crippen molar-refractivity contribution in [3.05, 3.63) is 47.2 Å². The standard InChI is InChI=1S/C17H16BrN3O2/c1-21(12-6-4-5-11(18)7-12)17-13-8-15(22-2)16(23-3)9-14(13)19-10-20-17/h4-10H,1-3H3. The maximum atomic E-state index is 5.40. The predicted molar refractivity (Wildman–Crippen MR) is 94.8 cm³/mol. The van der Waals surface area contributed by atoms with E-state index in [0.717, 1.165) is 26.9 Å². The maximum Gasteiger partial charge on any atom is 0.162 e. The molecule has 0 atom stereocenters. The number of benzene rings is 2. The second kappa shape index (κ2) is 6.42. The molecule has 0 amide bonds. The number of rotatable bonds is 4. The Labute approximate surface area is 143 Å². The SMILES string of the molecule is COc1cc2ncnc(N(C)c3cccc(Br)c3)c2cc1OC. The second-order valence-electron chi connectivity index (χ2n) is 4.96. The topological polar surface area (TPSA) is 47.5 Å². The number of fused-ring (bicyclic) bond motifs is 1. The molecule has 0 N–H and O–H groups in total. The Morgan fingerprint density at radius 2 is 1.74 bits per heavy atom. The average molecular weight is 374 g/mol. The van der Waals surface area contributed by atoms with E-state index in [1.165, 1.54) is 0 Å². The van der Waals surface area contributed by atoms with Crippen LogP contribution in [-0.2, 0) is 0 Å². The Balaban J connectivity index is 2.17. The number of halogens is 1. The zero-order valence-electron chi connectivity index (χ0n) is 13.1. The van der Waals surface area contributed by atoms with Crippen LogP contribution in [0.25, 0.3) is 10.9 Å². The van der Waals surface area contributed by atoms with Gasteiger partial charge in [-0.05, 0) is 24.3 Å². The lowest BCUT2D eigenvalue weighted by Crippen LogP contribution is -2.12. The summed E-state index contributed by atoms with van der Waals surface area (Å²) in [4.78, 5) is 10.8. The number of methoxy groups -OCH3 is 2. The van der Waals surface area contributed by atoms with Gasteiger partial charge in [-0.1, -0.05) is 22.0 Å². The summed E-state index contributed by atoms with van der Waals surface area (Å²) in [6.45, 7) is 0. The van der Waals surface area contributed by atoms with Crippen LogP contribution in [0.1, 0.15) is 0 Å². The first-order valence-corrected chi connectivity index (χ1v) is 7.79. The molecule has 0 aliphatic carbocycles. The Hall–Kier alpha value is -2.34. The van der Waals surface area contributed by atoms with E-state index < -0.39 is 0 Å². The van der Waals surface area contributed by atoms with E-state index >= 15 is 0 Å². The highest BCUT2D eigenvalue weighted by Crippen LogP contribution is 2.36. The number of nitrogens with zero attached hydrogens (tertiary/aromatic N) is 3. The van der Waals surface area contributed by atoms with Crippen LogP contribution in [0.15, 0.2) is 47.2 Å². The first-order chi connectivity index (χ1) is 11.1. The first-order valence-electron chi connectivity index (χ1n) is 7.00. The second-order valence-corrected chi connectivity index (χ2v) is 5.88. The van der Waals surface area contributed by atoms with Crippen LogP contribution in [0.5, 0.6) is 11.5 Å². The van der Waals surface area contributed by atoms with Crippen molar-refractivity contribution in [1.29, 1.82) is 0 Å². The summed E-state index contributed by atoms with van der Waals surface area (Å²) in [5, 5.41) is 0.896. The van der Waals surface area contributed by atoms with Gasteiger partial charge in [-0.25, -0.2) is 9.97 Å². The number of anilines is 2. The number of ether oxygens (including phenoxy) is 2. The highest BCUT2D eigenvalue weighted by Gasteiger charge is 2.14. The molecule has 23 heavy (non-hydrogen) atoms. The van der Waals surface area contributed by atoms with Crippen molar-refractivity contribution in [2.45, 2.75) is 0 Å². The van der Waals surface area contributed by atoms with Crippen molar-refractivity contribution in [2.75, 3.05) is 26.2 Å². The summed E-state index contributed by atoms with van der Waals surface area (Å²) in [6, 6.07) is 11.8. The monoisotopic (exact) mass is 373 g/mol. The van der Waals surface area contributed by atoms with Gasteiger partial charge >= 0.3 is 0 Å². The summed E-state index contributed by atoms with van der Waals surface area (Å²) >= 11 is 3.50. The van der Waals surface area contributed by atoms with Crippen LogP contribution >= 0.6 is 15.9 Å². The number of hydrogen-bond donors (Lipinski definition) is 0. The van der Waals surface area contributed by atoms with Gasteiger partial charge in [0.25, 0.3) is 0 Å². The summed E-state index contributed by atoms with van der Waals surface area (Å²) < 4.78 is 11.8. The molecular formula is C17H16BrN3O2. The minimum Gasteiger partial charge on any atom is -0.493 e. The maximum absolute atomic E-state index is 5.40. The van der Waals surface area contributed by atoms with Gasteiger partial charge < -0.3 is 14.4 Å². The molecule has 0 spiro atoms. The molecule has 3 aromatic rings. The van der Waals surface area contributed by atoms with Crippen LogP contribution in [0, 0.1) is 0 Å². The molecule has 0 saturated carbocycles. The molecule has 0 radical (unpaired) electrons. The van der Waals surface area contributed by atoms with Crippen molar-refractivity contribution in [2.24, 2.45) is 0 Å². The number of aromatic nitrogens is 2. The molecule has 1 heterocycles. The Kier molecular flexibility index (Phi) is 4.34. The lowest BCUT2D eigenvalue weighted by molar-refractivity contribution is 0.356. The van der Waals surface area contributed by atoms with Gasteiger partial charge in [0, 0.05) is 28.7 Å². The van der Waals surface area contributed by atoms with Crippen LogP contribution in [0.3, 0.4) is 0 Å². The third kappa shape index (κ3) is 2.94. The number of hydrogen-bond acceptors (Lipinski definition) is 5. The van der Waals surface area contributed by atoms with Gasteiger partial charge in [0.05, 0.1) is 19.7 Å². The van der Waals surface area contributed by atoms with E-state index in [2.05, 4.69) is 25.9 Å². The fraction of sp³-hybridized carbons (Fsp3) is 0.176. The minimum atomic E-state index is 0.648. The molecule has 0 aliphatic heterocycles. The van der Waals surface area contributed by atoms with Crippen molar-refractivity contribution in [1.82, 2.24) is 9.97 Å². The molecule has 2 aromatic carbocycles. The van der Waals surface area contributed by atoms with Crippen molar-refractivity contribution in [3.63, 3.8) is 0 Å². The predicted octanol–water partition coefficient (Wildman–Crippen LogP) is 4.18. The van der Waals surface area contributed by atoms with Crippen molar-refractivity contribution in [3.8, 4) is 11.5 Å².